The molecule has 0 aromatic heterocycles. The molecule has 0 N–H and O–H groups in total. The number of hydrogen-bond acceptors (Lipinski definition) is 1. The van der Waals surface area contributed by atoms with Crippen LogP contribution in [0.3, 0.4) is 0 Å². The van der Waals surface area contributed by atoms with Gasteiger partial charge in [0.2, 0.25) is 0 Å². The zero-order chi connectivity index (χ0) is 5.11. The monoisotopic (exact) mass is 95.0 g/mol. The Hall–Kier alpha value is -0.790. The van der Waals surface area contributed by atoms with Crippen molar-refractivity contribution in [1.29, 1.82) is 0 Å². The van der Waals surface area contributed by atoms with Crippen molar-refractivity contribution in [2.75, 3.05) is 0 Å². The largest absolute Gasteiger partial charge is 0.623 e. The molecule has 2 nitrogen and oxygen atoms in total. The SMILES string of the molecule is [O-][N+]1=CC=CC[C]1. The van der Waals surface area contributed by atoms with Gasteiger partial charge in [0.1, 0.15) is 0 Å². The molecule has 0 aliphatic carbocycles. The Morgan fingerprint density at radius 2 is 2.57 bits per heavy atom. The normalized spacial score (nSPS) is 19.1. The van der Waals surface area contributed by atoms with Gasteiger partial charge in [0.25, 0.3) is 0 Å². The number of allylic oxidation sites excluding steroid dienone is 1. The van der Waals surface area contributed by atoms with Gasteiger partial charge in [-0.3, -0.25) is 0 Å². The molecule has 0 bridgehead atoms. The fourth-order valence-electron chi connectivity index (χ4n) is 0.402. The summed E-state index contributed by atoms with van der Waals surface area (Å²) in [6, 6.07) is 0. The minimum atomic E-state index is 0.639. The van der Waals surface area contributed by atoms with Crippen molar-refractivity contribution in [2.24, 2.45) is 0 Å². The average molecular weight is 95.1 g/mol. The molecule has 1 aliphatic rings. The maximum atomic E-state index is 10.2. The molecule has 0 spiro atoms. The molecule has 2 radical (unpaired) electrons. The van der Waals surface area contributed by atoms with Crippen LogP contribution < -0.4 is 0 Å². The predicted octanol–water partition coefficient (Wildman–Crippen LogP) is 0.566. The summed E-state index contributed by atoms with van der Waals surface area (Å²) in [7, 11) is 0. The highest BCUT2D eigenvalue weighted by atomic mass is 16.5. The van der Waals surface area contributed by atoms with Gasteiger partial charge in [-0.25, -0.2) is 0 Å². The standard InChI is InChI=1S/C5H5NO/c7-6-4-2-1-3-5-6/h1-2,4H,3H2. The second-order valence-electron chi connectivity index (χ2n) is 1.27. The smallest absolute Gasteiger partial charge is 0.320 e. The van der Waals surface area contributed by atoms with E-state index in [0.717, 1.165) is 0 Å². The van der Waals surface area contributed by atoms with Gasteiger partial charge in [-0.1, -0.05) is 6.08 Å². The average Bonchev–Trinajstić information content (AvgIpc) is 1.69. The minimum Gasteiger partial charge on any atom is -0.623 e. The summed E-state index contributed by atoms with van der Waals surface area (Å²) >= 11 is 0. The minimum absolute atomic E-state index is 0.639. The first-order valence-corrected chi connectivity index (χ1v) is 2.09. The van der Waals surface area contributed by atoms with E-state index < -0.39 is 0 Å². The summed E-state index contributed by atoms with van der Waals surface area (Å²) in [5, 5.41) is 10.2. The molecule has 0 fully saturated rings. The van der Waals surface area contributed by atoms with E-state index in [2.05, 4.69) is 6.54 Å². The van der Waals surface area contributed by atoms with E-state index >= 15 is 0 Å². The molecule has 0 saturated heterocycles. The predicted molar refractivity (Wildman–Crippen MR) is 26.7 cm³/mol. The van der Waals surface area contributed by atoms with Crippen LogP contribution >= 0.6 is 0 Å². The van der Waals surface area contributed by atoms with Gasteiger partial charge in [-0.05, 0) is 6.08 Å². The lowest BCUT2D eigenvalue weighted by molar-refractivity contribution is -0.408. The van der Waals surface area contributed by atoms with Crippen molar-refractivity contribution in [3.8, 4) is 0 Å². The molecule has 0 saturated carbocycles. The van der Waals surface area contributed by atoms with Crippen molar-refractivity contribution in [3.63, 3.8) is 0 Å². The van der Waals surface area contributed by atoms with E-state index in [1.165, 1.54) is 6.21 Å². The molecule has 7 heavy (non-hydrogen) atoms. The first kappa shape index (κ1) is 4.37. The zero-order valence-corrected chi connectivity index (χ0v) is 3.79. The lowest BCUT2D eigenvalue weighted by Crippen LogP contribution is -2.01. The van der Waals surface area contributed by atoms with Gasteiger partial charge in [-0.2, -0.15) is 4.74 Å². The van der Waals surface area contributed by atoms with Crippen molar-refractivity contribution in [2.45, 2.75) is 6.42 Å². The molecule has 0 unspecified atom stereocenters. The lowest BCUT2D eigenvalue weighted by atomic mass is 10.3. The van der Waals surface area contributed by atoms with E-state index in [9.17, 15) is 5.21 Å². The maximum Gasteiger partial charge on any atom is 0.320 e. The lowest BCUT2D eigenvalue weighted by Gasteiger charge is -1.98. The molecule has 1 heterocycles. The van der Waals surface area contributed by atoms with Crippen LogP contribution in [0, 0.1) is 11.8 Å². The van der Waals surface area contributed by atoms with E-state index in [0.29, 0.717) is 11.2 Å². The topological polar surface area (TPSA) is 26.1 Å². The molecule has 36 valence electrons. The zero-order valence-electron chi connectivity index (χ0n) is 3.79. The highest BCUT2D eigenvalue weighted by Gasteiger charge is 1.97. The highest BCUT2D eigenvalue weighted by Crippen LogP contribution is 1.93. The van der Waals surface area contributed by atoms with Gasteiger partial charge >= 0.3 is 6.54 Å². The Kier molecular flexibility index (Phi) is 1.11. The van der Waals surface area contributed by atoms with Crippen LogP contribution in [0.4, 0.5) is 0 Å². The molecule has 1 aliphatic heterocycles. The van der Waals surface area contributed by atoms with Crippen LogP contribution in [0.5, 0.6) is 0 Å². The number of rotatable bonds is 0. The van der Waals surface area contributed by atoms with Crippen molar-refractivity contribution in [1.82, 2.24) is 0 Å². The second-order valence-corrected chi connectivity index (χ2v) is 1.27. The number of nitrogens with zero attached hydrogens (tertiary/aromatic N) is 1. The van der Waals surface area contributed by atoms with Gasteiger partial charge in [0, 0.05) is 6.42 Å². The van der Waals surface area contributed by atoms with Crippen molar-refractivity contribution in [3.05, 3.63) is 23.9 Å². The summed E-state index contributed by atoms with van der Waals surface area (Å²) in [5.41, 5.74) is 0. The third-order valence-corrected chi connectivity index (χ3v) is 0.723. The Bertz CT molecular complexity index is 115. The Labute approximate surface area is 42.4 Å². The van der Waals surface area contributed by atoms with E-state index in [-0.39, 0.29) is 0 Å². The van der Waals surface area contributed by atoms with Crippen LogP contribution in [0.1, 0.15) is 6.42 Å². The Balaban J connectivity index is 2.57. The van der Waals surface area contributed by atoms with Gasteiger partial charge < -0.3 is 5.21 Å². The fraction of sp³-hybridized carbons (Fsp3) is 0.200. The first-order valence-electron chi connectivity index (χ1n) is 2.09. The molecule has 0 atom stereocenters. The third-order valence-electron chi connectivity index (χ3n) is 0.723. The van der Waals surface area contributed by atoms with E-state index in [1.54, 1.807) is 6.08 Å². The Morgan fingerprint density at radius 3 is 2.86 bits per heavy atom. The van der Waals surface area contributed by atoms with Gasteiger partial charge in [-0.15, -0.1) is 0 Å². The summed E-state index contributed by atoms with van der Waals surface area (Å²) < 4.78 is 0.681. The molecule has 2 heteroatoms. The second kappa shape index (κ2) is 1.78. The van der Waals surface area contributed by atoms with Crippen LogP contribution in [0.25, 0.3) is 0 Å². The van der Waals surface area contributed by atoms with Crippen LogP contribution in [-0.2, 0) is 0 Å². The third kappa shape index (κ3) is 1.03. The van der Waals surface area contributed by atoms with Crippen LogP contribution in [-0.4, -0.2) is 11.0 Å². The number of hydroxylamine groups is 1. The summed E-state index contributed by atoms with van der Waals surface area (Å²) in [5.74, 6) is 0. The summed E-state index contributed by atoms with van der Waals surface area (Å²) in [4.78, 5) is 0. The van der Waals surface area contributed by atoms with Crippen molar-refractivity contribution < 1.29 is 4.74 Å². The quantitative estimate of drug-likeness (QED) is 0.319. The van der Waals surface area contributed by atoms with E-state index in [4.69, 9.17) is 0 Å². The fourth-order valence-corrected chi connectivity index (χ4v) is 0.402. The molecule has 0 aromatic carbocycles. The summed E-state index contributed by atoms with van der Waals surface area (Å²) in [6.45, 7) is 2.52. The van der Waals surface area contributed by atoms with Crippen LogP contribution in [0.15, 0.2) is 12.2 Å². The maximum absolute atomic E-state index is 10.2. The molecular formula is C5H5NO. The van der Waals surface area contributed by atoms with Gasteiger partial charge in [0.05, 0.1) is 0 Å². The molecule has 1 rings (SSSR count). The molecule has 0 amide bonds. The van der Waals surface area contributed by atoms with Crippen LogP contribution in [0.2, 0.25) is 0 Å². The first-order chi connectivity index (χ1) is 3.39. The highest BCUT2D eigenvalue weighted by molar-refractivity contribution is 5.66. The van der Waals surface area contributed by atoms with Gasteiger partial charge in [0.15, 0.2) is 6.21 Å². The van der Waals surface area contributed by atoms with Crippen molar-refractivity contribution >= 4 is 6.21 Å². The molecular weight excluding hydrogens is 90.1 g/mol. The molecule has 0 aromatic rings. The number of hydrogen-bond donors (Lipinski definition) is 0. The van der Waals surface area contributed by atoms with E-state index in [1.807, 2.05) is 6.08 Å². The summed E-state index contributed by atoms with van der Waals surface area (Å²) in [6.07, 6.45) is 5.64. The Morgan fingerprint density at radius 1 is 1.71 bits per heavy atom.